The van der Waals surface area contributed by atoms with Crippen LogP contribution in [0.2, 0.25) is 0 Å². The van der Waals surface area contributed by atoms with Crippen molar-refractivity contribution >= 4 is 28.5 Å². The van der Waals surface area contributed by atoms with Gasteiger partial charge in [0.25, 0.3) is 11.8 Å². The van der Waals surface area contributed by atoms with Crippen LogP contribution in [0.25, 0.3) is 11.0 Å². The average molecular weight is 400 g/mol. The van der Waals surface area contributed by atoms with Gasteiger partial charge in [-0.05, 0) is 24.3 Å². The number of ether oxygens (including phenoxy) is 1. The molecule has 0 radical (unpaired) electrons. The van der Waals surface area contributed by atoms with Crippen LogP contribution in [0.1, 0.15) is 26.3 Å². The first-order valence-electron chi connectivity index (χ1n) is 9.39. The molecule has 3 N–H and O–H groups in total. The van der Waals surface area contributed by atoms with Crippen molar-refractivity contribution in [3.05, 3.63) is 89.7 Å². The Labute approximate surface area is 173 Å². The topological polar surface area (TPSA) is 96.1 Å². The van der Waals surface area contributed by atoms with Gasteiger partial charge in [-0.15, -0.1) is 0 Å². The Hall–Kier alpha value is -4.13. The molecule has 0 aliphatic heterocycles. The van der Waals surface area contributed by atoms with Crippen LogP contribution in [0.3, 0.4) is 0 Å². The molecule has 0 spiro atoms. The molecule has 0 aliphatic rings. The first-order chi connectivity index (χ1) is 14.7. The number of rotatable bonds is 6. The molecule has 7 nitrogen and oxygen atoms in total. The fourth-order valence-electron chi connectivity index (χ4n) is 3.17. The minimum Gasteiger partial charge on any atom is -0.496 e. The van der Waals surface area contributed by atoms with Crippen molar-refractivity contribution < 1.29 is 14.3 Å². The number of carbonyl (C=O) groups is 2. The number of hydrogen-bond acceptors (Lipinski definition) is 4. The first-order valence-corrected chi connectivity index (χ1v) is 9.39. The second-order valence-corrected chi connectivity index (χ2v) is 6.64. The molecule has 30 heavy (non-hydrogen) atoms. The first kappa shape index (κ1) is 19.2. The van der Waals surface area contributed by atoms with Gasteiger partial charge in [0.2, 0.25) is 0 Å². The minimum atomic E-state index is -0.250. The monoisotopic (exact) mass is 400 g/mol. The van der Waals surface area contributed by atoms with Gasteiger partial charge in [0.1, 0.15) is 11.4 Å². The second kappa shape index (κ2) is 8.48. The maximum absolute atomic E-state index is 12.8. The Morgan fingerprint density at radius 3 is 2.60 bits per heavy atom. The number of methoxy groups -OCH3 is 1. The molecule has 4 rings (SSSR count). The summed E-state index contributed by atoms with van der Waals surface area (Å²) in [6, 6.07) is 18.1. The molecule has 0 saturated carbocycles. The van der Waals surface area contributed by atoms with Crippen molar-refractivity contribution in [3.63, 3.8) is 0 Å². The zero-order valence-electron chi connectivity index (χ0n) is 16.3. The molecule has 7 heteroatoms. The lowest BCUT2D eigenvalue weighted by atomic mass is 10.1. The van der Waals surface area contributed by atoms with Crippen molar-refractivity contribution in [2.24, 2.45) is 0 Å². The van der Waals surface area contributed by atoms with Crippen molar-refractivity contribution in [1.82, 2.24) is 15.3 Å². The highest BCUT2D eigenvalue weighted by Crippen LogP contribution is 2.22. The van der Waals surface area contributed by atoms with Gasteiger partial charge in [0, 0.05) is 29.3 Å². The lowest BCUT2D eigenvalue weighted by molar-refractivity contribution is 0.0951. The maximum Gasteiger partial charge on any atom is 0.255 e. The fourth-order valence-corrected chi connectivity index (χ4v) is 3.17. The van der Waals surface area contributed by atoms with Gasteiger partial charge in [-0.1, -0.05) is 36.4 Å². The predicted molar refractivity (Wildman–Crippen MR) is 115 cm³/mol. The van der Waals surface area contributed by atoms with Gasteiger partial charge in [-0.25, -0.2) is 4.98 Å². The highest BCUT2D eigenvalue weighted by Gasteiger charge is 2.15. The summed E-state index contributed by atoms with van der Waals surface area (Å²) < 4.78 is 5.32. The van der Waals surface area contributed by atoms with E-state index >= 15 is 0 Å². The number of nitrogens with one attached hydrogen (secondary N) is 3. The van der Waals surface area contributed by atoms with E-state index < -0.39 is 0 Å². The van der Waals surface area contributed by atoms with Crippen molar-refractivity contribution in [1.29, 1.82) is 0 Å². The molecule has 4 aromatic rings. The smallest absolute Gasteiger partial charge is 0.255 e. The normalized spacial score (nSPS) is 10.6. The minimum absolute atomic E-state index is 0.241. The van der Waals surface area contributed by atoms with Gasteiger partial charge < -0.3 is 20.4 Å². The Balaban J connectivity index is 1.52. The zero-order valence-corrected chi connectivity index (χ0v) is 16.3. The molecule has 2 heterocycles. The summed E-state index contributed by atoms with van der Waals surface area (Å²) >= 11 is 0. The Kier molecular flexibility index (Phi) is 5.43. The number of carbonyl (C=O) groups excluding carboxylic acids is 2. The maximum atomic E-state index is 12.8. The van der Waals surface area contributed by atoms with Gasteiger partial charge >= 0.3 is 0 Å². The van der Waals surface area contributed by atoms with E-state index in [-0.39, 0.29) is 11.8 Å². The molecular weight excluding hydrogens is 380 g/mol. The van der Waals surface area contributed by atoms with E-state index in [1.54, 1.807) is 49.8 Å². The average Bonchev–Trinajstić information content (AvgIpc) is 3.21. The van der Waals surface area contributed by atoms with Crippen LogP contribution in [0.5, 0.6) is 5.75 Å². The molecule has 2 aromatic carbocycles. The molecule has 2 aromatic heterocycles. The van der Waals surface area contributed by atoms with E-state index in [4.69, 9.17) is 4.74 Å². The van der Waals surface area contributed by atoms with Crippen LogP contribution in [-0.2, 0) is 6.54 Å². The van der Waals surface area contributed by atoms with Gasteiger partial charge in [-0.3, -0.25) is 9.59 Å². The number of benzene rings is 2. The number of fused-ring (bicyclic) bond motifs is 1. The van der Waals surface area contributed by atoms with Gasteiger partial charge in [0.15, 0.2) is 0 Å². The molecule has 0 bridgehead atoms. The van der Waals surface area contributed by atoms with Crippen LogP contribution in [0.15, 0.2) is 73.1 Å². The molecule has 0 aliphatic carbocycles. The Morgan fingerprint density at radius 2 is 1.80 bits per heavy atom. The third-order valence-corrected chi connectivity index (χ3v) is 4.70. The highest BCUT2D eigenvalue weighted by atomic mass is 16.5. The summed E-state index contributed by atoms with van der Waals surface area (Å²) in [7, 11) is 1.59. The zero-order chi connectivity index (χ0) is 20.9. The largest absolute Gasteiger partial charge is 0.496 e. The summed E-state index contributed by atoms with van der Waals surface area (Å²) in [6.45, 7) is 0.327. The van der Waals surface area contributed by atoms with E-state index in [0.717, 1.165) is 5.56 Å². The summed E-state index contributed by atoms with van der Waals surface area (Å²) in [5.41, 5.74) is 2.94. The summed E-state index contributed by atoms with van der Waals surface area (Å²) in [6.07, 6.45) is 3.16. The Bertz CT molecular complexity index is 1200. The van der Waals surface area contributed by atoms with Crippen molar-refractivity contribution in [2.75, 3.05) is 12.4 Å². The third-order valence-electron chi connectivity index (χ3n) is 4.70. The second-order valence-electron chi connectivity index (χ2n) is 6.64. The summed E-state index contributed by atoms with van der Waals surface area (Å²) in [5.74, 6) is 0.222. The molecule has 0 saturated heterocycles. The quantitative estimate of drug-likeness (QED) is 0.459. The molecular formula is C23H20N4O3. The highest BCUT2D eigenvalue weighted by molar-refractivity contribution is 6.08. The number of amides is 2. The summed E-state index contributed by atoms with van der Waals surface area (Å²) in [4.78, 5) is 32.4. The number of H-pyrrole nitrogens is 1. The molecule has 0 atom stereocenters. The van der Waals surface area contributed by atoms with Crippen LogP contribution < -0.4 is 15.4 Å². The van der Waals surface area contributed by atoms with Crippen molar-refractivity contribution in [2.45, 2.75) is 6.54 Å². The molecule has 150 valence electrons. The van der Waals surface area contributed by atoms with E-state index in [0.29, 0.717) is 40.1 Å². The number of para-hydroxylation sites is 1. The van der Waals surface area contributed by atoms with Gasteiger partial charge in [0.05, 0.1) is 24.6 Å². The van der Waals surface area contributed by atoms with E-state index in [2.05, 4.69) is 20.6 Å². The van der Waals surface area contributed by atoms with Crippen LogP contribution in [-0.4, -0.2) is 28.9 Å². The Morgan fingerprint density at radius 1 is 1.03 bits per heavy atom. The third kappa shape index (κ3) is 4.00. The van der Waals surface area contributed by atoms with E-state index in [1.165, 1.54) is 0 Å². The van der Waals surface area contributed by atoms with Crippen molar-refractivity contribution in [3.8, 4) is 5.75 Å². The van der Waals surface area contributed by atoms with Gasteiger partial charge in [-0.2, -0.15) is 0 Å². The molecule has 0 fully saturated rings. The number of hydrogen-bond donors (Lipinski definition) is 3. The molecule has 2 amide bonds. The number of nitrogens with zero attached hydrogens (tertiary/aromatic N) is 1. The standard InChI is InChI=1S/C23H20N4O3/c1-30-20-10-6-5-9-16(20)12-26-23(29)19-14-25-21-18(19)11-17(13-24-21)27-22(28)15-7-3-2-4-8-15/h2-11,13-14H,12H2,1H3,(H,24,25)(H,26,29)(H,27,28). The fraction of sp³-hybridized carbons (Fsp3) is 0.0870. The lowest BCUT2D eigenvalue weighted by Crippen LogP contribution is -2.22. The summed E-state index contributed by atoms with van der Waals surface area (Å²) in [5, 5.41) is 6.34. The van der Waals surface area contributed by atoms with Crippen LogP contribution in [0.4, 0.5) is 5.69 Å². The lowest BCUT2D eigenvalue weighted by Gasteiger charge is -2.09. The number of aromatic amines is 1. The van der Waals surface area contributed by atoms with E-state index in [1.807, 2.05) is 30.3 Å². The number of aromatic nitrogens is 2. The SMILES string of the molecule is COc1ccccc1CNC(=O)c1c[nH]c2ncc(NC(=O)c3ccccc3)cc12. The number of pyridine rings is 1. The number of anilines is 1. The van der Waals surface area contributed by atoms with Crippen LogP contribution >= 0.6 is 0 Å². The van der Waals surface area contributed by atoms with E-state index in [9.17, 15) is 9.59 Å². The van der Waals surface area contributed by atoms with Crippen LogP contribution in [0, 0.1) is 0 Å². The predicted octanol–water partition coefficient (Wildman–Crippen LogP) is 3.75. The molecule has 0 unspecified atom stereocenters.